The monoisotopic (exact) mass is 510 g/mol. The molecule has 0 spiro atoms. The van der Waals surface area contributed by atoms with E-state index in [0.29, 0.717) is 24.5 Å². The lowest BCUT2D eigenvalue weighted by molar-refractivity contribution is -0.154. The number of ether oxygens (including phenoxy) is 3. The van der Waals surface area contributed by atoms with Gasteiger partial charge in [-0.25, -0.2) is 0 Å². The Morgan fingerprint density at radius 1 is 1.05 bits per heavy atom. The fourth-order valence-electron chi connectivity index (χ4n) is 3.55. The first kappa shape index (κ1) is 29.5. The molecule has 0 heterocycles. The second-order valence-corrected chi connectivity index (χ2v) is 10.1. The fourth-order valence-corrected chi connectivity index (χ4v) is 3.55. The van der Waals surface area contributed by atoms with Crippen molar-refractivity contribution >= 4 is 11.9 Å². The highest BCUT2D eigenvalue weighted by Crippen LogP contribution is 2.28. The van der Waals surface area contributed by atoms with Crippen LogP contribution in [0.4, 0.5) is 0 Å². The van der Waals surface area contributed by atoms with E-state index in [-0.39, 0.29) is 44.0 Å². The summed E-state index contributed by atoms with van der Waals surface area (Å²) in [6.07, 6.45) is 0.835. The maximum absolute atomic E-state index is 12.8. The third-order valence-corrected chi connectivity index (χ3v) is 5.85. The van der Waals surface area contributed by atoms with Crippen LogP contribution in [0.5, 0.6) is 11.5 Å². The number of carbonyl (C=O) groups excluding carboxylic acids is 2. The molecule has 0 fully saturated rings. The van der Waals surface area contributed by atoms with Gasteiger partial charge in [0, 0.05) is 17.4 Å². The molecule has 1 amide bonds. The molecule has 0 aliphatic rings. The zero-order valence-electron chi connectivity index (χ0n) is 22.7. The molecule has 1 unspecified atom stereocenters. The van der Waals surface area contributed by atoms with Gasteiger partial charge in [0.2, 0.25) is 5.91 Å². The van der Waals surface area contributed by atoms with E-state index in [2.05, 4.69) is 47.4 Å². The summed E-state index contributed by atoms with van der Waals surface area (Å²) in [5.74, 6) is 0.518. The van der Waals surface area contributed by atoms with Crippen LogP contribution in [0.3, 0.4) is 0 Å². The molecule has 0 aromatic heterocycles. The molecule has 0 saturated heterocycles. The maximum atomic E-state index is 12.8. The van der Waals surface area contributed by atoms with Gasteiger partial charge in [0.1, 0.15) is 0 Å². The summed E-state index contributed by atoms with van der Waals surface area (Å²) in [4.78, 5) is 27.8. The molecule has 0 bridgehead atoms. The Morgan fingerprint density at radius 3 is 2.43 bits per heavy atom. The van der Waals surface area contributed by atoms with Crippen molar-refractivity contribution in [1.29, 1.82) is 0 Å². The highest BCUT2D eigenvalue weighted by Gasteiger charge is 2.24. The van der Waals surface area contributed by atoms with Crippen molar-refractivity contribution in [3.63, 3.8) is 0 Å². The second kappa shape index (κ2) is 14.1. The number of methoxy groups -OCH3 is 1. The number of rotatable bonds is 13. The summed E-state index contributed by atoms with van der Waals surface area (Å²) in [5.41, 5.74) is 12.1. The van der Waals surface area contributed by atoms with Gasteiger partial charge in [-0.2, -0.15) is 0 Å². The Bertz CT molecular complexity index is 1120. The number of nitrogens with zero attached hydrogens (tertiary/aromatic N) is 3. The largest absolute Gasteiger partial charge is 0.493 e. The molecule has 37 heavy (non-hydrogen) atoms. The number of esters is 1. The van der Waals surface area contributed by atoms with E-state index in [4.69, 9.17) is 19.7 Å². The molecule has 200 valence electrons. The van der Waals surface area contributed by atoms with Gasteiger partial charge < -0.3 is 19.5 Å². The average molecular weight is 511 g/mol. The van der Waals surface area contributed by atoms with Crippen LogP contribution >= 0.6 is 0 Å². The number of azide groups is 1. The molecule has 9 nitrogen and oxygen atoms in total. The van der Waals surface area contributed by atoms with Gasteiger partial charge in [0.25, 0.3) is 0 Å². The van der Waals surface area contributed by atoms with Gasteiger partial charge in [-0.15, -0.1) is 0 Å². The number of hydrogen-bond donors (Lipinski definition) is 1. The zero-order chi connectivity index (χ0) is 27.4. The van der Waals surface area contributed by atoms with E-state index in [1.165, 1.54) is 18.2 Å². The lowest BCUT2D eigenvalue weighted by Gasteiger charge is -2.22. The number of aryl methyl sites for hydroxylation is 2. The SMILES string of the molecule is COc1cc(CC(=O)NCC(COC(=O)C(C)(C)C)Cc2ccc(C)c(C)c2)ccc1OCCN=[N+]=[N-]. The van der Waals surface area contributed by atoms with Crippen LogP contribution in [-0.2, 0) is 27.2 Å². The highest BCUT2D eigenvalue weighted by molar-refractivity contribution is 5.79. The van der Waals surface area contributed by atoms with Crippen molar-refractivity contribution in [1.82, 2.24) is 5.32 Å². The highest BCUT2D eigenvalue weighted by atomic mass is 16.5. The standard InChI is InChI=1S/C28H38N4O5/c1-19-7-8-21(13-20(19)2)14-23(18-37-27(34)28(3,4)5)17-30-26(33)16-22-9-10-24(25(15-22)35-6)36-12-11-31-32-29/h7-10,13,15,23H,11-12,14,16-18H2,1-6H3,(H,30,33). The first-order valence-electron chi connectivity index (χ1n) is 12.3. The van der Waals surface area contributed by atoms with Crippen molar-refractivity contribution in [3.8, 4) is 11.5 Å². The van der Waals surface area contributed by atoms with Gasteiger partial charge in [-0.05, 0) is 81.0 Å². The minimum atomic E-state index is -0.591. The van der Waals surface area contributed by atoms with Gasteiger partial charge >= 0.3 is 5.97 Å². The predicted octanol–water partition coefficient (Wildman–Crippen LogP) is 5.11. The molecule has 2 aromatic rings. The topological polar surface area (TPSA) is 123 Å². The van der Waals surface area contributed by atoms with Crippen LogP contribution in [-0.4, -0.2) is 45.3 Å². The van der Waals surface area contributed by atoms with Crippen molar-refractivity contribution < 1.29 is 23.8 Å². The van der Waals surface area contributed by atoms with Crippen LogP contribution in [0.15, 0.2) is 41.5 Å². The summed E-state index contributed by atoms with van der Waals surface area (Å²) in [6.45, 7) is 10.6. The molecule has 1 atom stereocenters. The van der Waals surface area contributed by atoms with Crippen molar-refractivity contribution in [2.24, 2.45) is 16.4 Å². The number of benzene rings is 2. The predicted molar refractivity (Wildman–Crippen MR) is 143 cm³/mol. The Morgan fingerprint density at radius 2 is 1.78 bits per heavy atom. The number of nitrogens with one attached hydrogen (secondary N) is 1. The molecule has 2 aromatic carbocycles. The van der Waals surface area contributed by atoms with Crippen LogP contribution in [0.25, 0.3) is 10.4 Å². The normalized spacial score (nSPS) is 11.7. The van der Waals surface area contributed by atoms with Crippen LogP contribution in [0, 0.1) is 25.2 Å². The number of hydrogen-bond acceptors (Lipinski definition) is 6. The molecule has 0 aliphatic carbocycles. The smallest absolute Gasteiger partial charge is 0.311 e. The third-order valence-electron chi connectivity index (χ3n) is 5.85. The quantitative estimate of drug-likeness (QED) is 0.132. The van der Waals surface area contributed by atoms with E-state index in [1.807, 2.05) is 20.8 Å². The van der Waals surface area contributed by atoms with Gasteiger partial charge in [0.05, 0.1) is 38.7 Å². The Kier molecular flexibility index (Phi) is 11.3. The molecule has 0 saturated carbocycles. The average Bonchev–Trinajstić information content (AvgIpc) is 2.85. The lowest BCUT2D eigenvalue weighted by atomic mass is 9.95. The van der Waals surface area contributed by atoms with E-state index in [0.717, 1.165) is 11.1 Å². The fraction of sp³-hybridized carbons (Fsp3) is 0.500. The molecule has 9 heteroatoms. The molecule has 2 rings (SSSR count). The molecule has 1 N–H and O–H groups in total. The Balaban J connectivity index is 2.02. The Labute approximate surface area is 219 Å². The maximum Gasteiger partial charge on any atom is 0.311 e. The van der Waals surface area contributed by atoms with Gasteiger partial charge in [-0.1, -0.05) is 29.4 Å². The lowest BCUT2D eigenvalue weighted by Crippen LogP contribution is -2.35. The van der Waals surface area contributed by atoms with Crippen molar-refractivity contribution in [2.75, 3.05) is 33.4 Å². The van der Waals surface area contributed by atoms with Gasteiger partial charge in [-0.3, -0.25) is 9.59 Å². The van der Waals surface area contributed by atoms with Gasteiger partial charge in [0.15, 0.2) is 11.5 Å². The summed E-state index contributed by atoms with van der Waals surface area (Å²) < 4.78 is 16.5. The Hall–Kier alpha value is -3.71. The molecule has 0 radical (unpaired) electrons. The zero-order valence-corrected chi connectivity index (χ0v) is 22.7. The molecular formula is C28H38N4O5. The van der Waals surface area contributed by atoms with E-state index in [9.17, 15) is 9.59 Å². The van der Waals surface area contributed by atoms with E-state index < -0.39 is 5.41 Å². The minimum Gasteiger partial charge on any atom is -0.493 e. The van der Waals surface area contributed by atoms with Crippen molar-refractivity contribution in [2.45, 2.75) is 47.5 Å². The summed E-state index contributed by atoms with van der Waals surface area (Å²) in [5, 5.41) is 6.43. The summed E-state index contributed by atoms with van der Waals surface area (Å²) in [7, 11) is 1.52. The van der Waals surface area contributed by atoms with Crippen LogP contribution < -0.4 is 14.8 Å². The van der Waals surface area contributed by atoms with E-state index in [1.54, 1.807) is 18.2 Å². The van der Waals surface area contributed by atoms with Crippen LogP contribution in [0.2, 0.25) is 0 Å². The molecular weight excluding hydrogens is 472 g/mol. The summed E-state index contributed by atoms with van der Waals surface area (Å²) in [6, 6.07) is 11.6. The van der Waals surface area contributed by atoms with Crippen molar-refractivity contribution in [3.05, 3.63) is 69.1 Å². The van der Waals surface area contributed by atoms with E-state index >= 15 is 0 Å². The molecule has 0 aliphatic heterocycles. The second-order valence-electron chi connectivity index (χ2n) is 10.1. The third kappa shape index (κ3) is 10.1. The number of carbonyl (C=O) groups is 2. The first-order valence-corrected chi connectivity index (χ1v) is 12.3. The van der Waals surface area contributed by atoms with Crippen LogP contribution in [0.1, 0.15) is 43.0 Å². The first-order chi connectivity index (χ1) is 17.5. The minimum absolute atomic E-state index is 0.0706. The number of amides is 1. The summed E-state index contributed by atoms with van der Waals surface area (Å²) >= 11 is 0.